The predicted molar refractivity (Wildman–Crippen MR) is 89.3 cm³/mol. The minimum absolute atomic E-state index is 0.0303. The van der Waals surface area contributed by atoms with Gasteiger partial charge in [0.2, 0.25) is 11.8 Å². The van der Waals surface area contributed by atoms with E-state index >= 15 is 0 Å². The molecule has 1 aliphatic rings. The molecule has 0 bridgehead atoms. The minimum Gasteiger partial charge on any atom is -0.496 e. The molecule has 5 heteroatoms. The van der Waals surface area contributed by atoms with Crippen LogP contribution in [0.1, 0.15) is 32.3 Å². The van der Waals surface area contributed by atoms with Gasteiger partial charge in [-0.2, -0.15) is 0 Å². The second kappa shape index (κ2) is 7.49. The number of ether oxygens (including phenoxy) is 1. The van der Waals surface area contributed by atoms with Crippen molar-refractivity contribution in [2.75, 3.05) is 26.7 Å². The fourth-order valence-corrected chi connectivity index (χ4v) is 2.87. The van der Waals surface area contributed by atoms with Crippen LogP contribution < -0.4 is 10.1 Å². The summed E-state index contributed by atoms with van der Waals surface area (Å²) in [6, 6.07) is 7.76. The van der Waals surface area contributed by atoms with Gasteiger partial charge in [0.15, 0.2) is 0 Å². The van der Waals surface area contributed by atoms with Crippen LogP contribution in [0.3, 0.4) is 0 Å². The first-order chi connectivity index (χ1) is 11.1. The third-order valence-corrected chi connectivity index (χ3v) is 4.52. The summed E-state index contributed by atoms with van der Waals surface area (Å²) >= 11 is 0. The zero-order chi connectivity index (χ0) is 16.9. The molecule has 1 aromatic carbocycles. The van der Waals surface area contributed by atoms with Crippen LogP contribution in [0.25, 0.3) is 0 Å². The number of hydrogen-bond donors (Lipinski definition) is 1. The van der Waals surface area contributed by atoms with Gasteiger partial charge in [0.25, 0.3) is 0 Å². The number of para-hydroxylation sites is 1. The Kier molecular flexibility index (Phi) is 5.64. The summed E-state index contributed by atoms with van der Waals surface area (Å²) in [6.07, 6.45) is 2.00. The Balaban J connectivity index is 1.91. The summed E-state index contributed by atoms with van der Waals surface area (Å²) in [4.78, 5) is 26.7. The molecule has 1 saturated carbocycles. The van der Waals surface area contributed by atoms with E-state index in [1.54, 1.807) is 12.0 Å². The minimum atomic E-state index is -0.813. The quantitative estimate of drug-likeness (QED) is 0.746. The number of rotatable bonds is 8. The molecule has 0 aromatic heterocycles. The highest BCUT2D eigenvalue weighted by atomic mass is 16.5. The molecular formula is C18H26N2O3. The van der Waals surface area contributed by atoms with Gasteiger partial charge in [-0.05, 0) is 44.7 Å². The summed E-state index contributed by atoms with van der Waals surface area (Å²) in [5.41, 5.74) is 0.238. The lowest BCUT2D eigenvalue weighted by Gasteiger charge is -2.24. The number of methoxy groups -OCH3 is 1. The maximum absolute atomic E-state index is 12.5. The van der Waals surface area contributed by atoms with E-state index in [2.05, 4.69) is 5.32 Å². The molecule has 2 amide bonds. The van der Waals surface area contributed by atoms with Crippen LogP contribution in [0, 0.1) is 5.41 Å². The Morgan fingerprint density at radius 2 is 1.87 bits per heavy atom. The van der Waals surface area contributed by atoms with Crippen molar-refractivity contribution in [2.45, 2.75) is 33.1 Å². The molecule has 0 atom stereocenters. The lowest BCUT2D eigenvalue weighted by Crippen LogP contribution is -2.45. The van der Waals surface area contributed by atoms with Crippen molar-refractivity contribution in [1.29, 1.82) is 0 Å². The maximum Gasteiger partial charge on any atom is 0.238 e. The van der Waals surface area contributed by atoms with Crippen molar-refractivity contribution in [1.82, 2.24) is 10.2 Å². The Morgan fingerprint density at radius 3 is 2.43 bits per heavy atom. The molecule has 1 aliphatic carbocycles. The predicted octanol–water partition coefficient (Wildman–Crippen LogP) is 2.00. The third kappa shape index (κ3) is 3.66. The molecule has 1 fully saturated rings. The highest BCUT2D eigenvalue weighted by Crippen LogP contribution is 2.47. The largest absolute Gasteiger partial charge is 0.496 e. The van der Waals surface area contributed by atoms with Crippen LogP contribution in [0.2, 0.25) is 0 Å². The van der Waals surface area contributed by atoms with Crippen molar-refractivity contribution in [3.63, 3.8) is 0 Å². The van der Waals surface area contributed by atoms with Gasteiger partial charge in [-0.1, -0.05) is 18.2 Å². The Morgan fingerprint density at radius 1 is 1.22 bits per heavy atom. The van der Waals surface area contributed by atoms with E-state index in [0.29, 0.717) is 38.9 Å². The second-order valence-corrected chi connectivity index (χ2v) is 5.88. The van der Waals surface area contributed by atoms with Crippen molar-refractivity contribution < 1.29 is 14.3 Å². The van der Waals surface area contributed by atoms with Gasteiger partial charge < -0.3 is 15.0 Å². The molecule has 2 rings (SSSR count). The number of carbonyl (C=O) groups excluding carboxylic acids is 2. The fourth-order valence-electron chi connectivity index (χ4n) is 2.87. The van der Waals surface area contributed by atoms with Crippen LogP contribution in [0.15, 0.2) is 24.3 Å². The van der Waals surface area contributed by atoms with Gasteiger partial charge in [-0.3, -0.25) is 9.59 Å². The average Bonchev–Trinajstić information content (AvgIpc) is 3.38. The van der Waals surface area contributed by atoms with Crippen LogP contribution in [-0.4, -0.2) is 43.5 Å². The first-order valence-electron chi connectivity index (χ1n) is 8.28. The topological polar surface area (TPSA) is 58.6 Å². The van der Waals surface area contributed by atoms with Crippen LogP contribution in [0.4, 0.5) is 0 Å². The maximum atomic E-state index is 12.5. The lowest BCUT2D eigenvalue weighted by atomic mass is 10.0. The molecule has 1 N–H and O–H groups in total. The molecule has 0 aliphatic heterocycles. The number of benzene rings is 1. The van der Waals surface area contributed by atoms with Crippen LogP contribution in [0.5, 0.6) is 5.75 Å². The van der Waals surface area contributed by atoms with Crippen molar-refractivity contribution in [2.24, 2.45) is 5.41 Å². The van der Waals surface area contributed by atoms with Crippen molar-refractivity contribution in [3.05, 3.63) is 29.8 Å². The lowest BCUT2D eigenvalue weighted by molar-refractivity contribution is -0.143. The summed E-state index contributed by atoms with van der Waals surface area (Å²) in [6.45, 7) is 5.68. The van der Waals surface area contributed by atoms with Gasteiger partial charge in [0, 0.05) is 19.6 Å². The van der Waals surface area contributed by atoms with Gasteiger partial charge in [0.05, 0.1) is 7.11 Å². The van der Waals surface area contributed by atoms with E-state index in [9.17, 15) is 9.59 Å². The highest BCUT2D eigenvalue weighted by Gasteiger charge is 2.57. The van der Waals surface area contributed by atoms with Crippen LogP contribution >= 0.6 is 0 Å². The van der Waals surface area contributed by atoms with Gasteiger partial charge in [-0.15, -0.1) is 0 Å². The normalized spacial score (nSPS) is 14.9. The second-order valence-electron chi connectivity index (χ2n) is 5.88. The molecule has 126 valence electrons. The van der Waals surface area contributed by atoms with Gasteiger partial charge >= 0.3 is 0 Å². The number of carbonyl (C=O) groups is 2. The molecule has 0 unspecified atom stereocenters. The number of nitrogens with zero attached hydrogens (tertiary/aromatic N) is 1. The average molecular weight is 318 g/mol. The molecule has 1 aromatic rings. The number of nitrogens with one attached hydrogen (secondary N) is 1. The van der Waals surface area contributed by atoms with Crippen molar-refractivity contribution >= 4 is 11.8 Å². The summed E-state index contributed by atoms with van der Waals surface area (Å²) < 4.78 is 5.31. The van der Waals surface area contributed by atoms with Crippen molar-refractivity contribution in [3.8, 4) is 5.75 Å². The summed E-state index contributed by atoms with van der Waals surface area (Å²) in [7, 11) is 1.64. The number of amides is 2. The monoisotopic (exact) mass is 318 g/mol. The Labute approximate surface area is 138 Å². The van der Waals surface area contributed by atoms with Crippen LogP contribution in [-0.2, 0) is 16.0 Å². The van der Waals surface area contributed by atoms with Gasteiger partial charge in [-0.25, -0.2) is 0 Å². The van der Waals surface area contributed by atoms with E-state index in [-0.39, 0.29) is 11.8 Å². The van der Waals surface area contributed by atoms with E-state index < -0.39 is 5.41 Å². The molecule has 0 spiro atoms. The first-order valence-corrected chi connectivity index (χ1v) is 8.28. The standard InChI is InChI=1S/C18H26N2O3/c1-4-20(5-2)17(22)18(11-12-18)16(21)19-13-10-14-8-6-7-9-15(14)23-3/h6-9H,4-5,10-13H2,1-3H3,(H,19,21). The molecule has 0 heterocycles. The molecule has 0 saturated heterocycles. The zero-order valence-corrected chi connectivity index (χ0v) is 14.2. The molecule has 0 radical (unpaired) electrons. The van der Waals surface area contributed by atoms with E-state index in [1.807, 2.05) is 38.1 Å². The number of hydrogen-bond acceptors (Lipinski definition) is 3. The Hall–Kier alpha value is -2.04. The summed E-state index contributed by atoms with van der Waals surface area (Å²) in [5, 5.41) is 2.93. The van der Waals surface area contributed by atoms with E-state index in [1.165, 1.54) is 0 Å². The SMILES string of the molecule is CCN(CC)C(=O)C1(C(=O)NCCc2ccccc2OC)CC1. The highest BCUT2D eigenvalue weighted by molar-refractivity contribution is 6.07. The molecule has 23 heavy (non-hydrogen) atoms. The van der Waals surface area contributed by atoms with E-state index in [4.69, 9.17) is 4.74 Å². The fraction of sp³-hybridized carbons (Fsp3) is 0.556. The Bertz CT molecular complexity index is 563. The zero-order valence-electron chi connectivity index (χ0n) is 14.2. The first kappa shape index (κ1) is 17.3. The molecule has 5 nitrogen and oxygen atoms in total. The van der Waals surface area contributed by atoms with Gasteiger partial charge in [0.1, 0.15) is 11.2 Å². The smallest absolute Gasteiger partial charge is 0.238 e. The summed E-state index contributed by atoms with van der Waals surface area (Å²) in [5.74, 6) is 0.656. The molecular weight excluding hydrogens is 292 g/mol. The van der Waals surface area contributed by atoms with E-state index in [0.717, 1.165) is 11.3 Å². The third-order valence-electron chi connectivity index (χ3n) is 4.52.